The topological polar surface area (TPSA) is 168 Å². The number of nitrogens with two attached hydrogens (primary N) is 2. The monoisotopic (exact) mass is 224 g/mol. The fourth-order valence-electron chi connectivity index (χ4n) is 0.440. The zero-order valence-electron chi connectivity index (χ0n) is 6.73. The second kappa shape index (κ2) is 4.76. The minimum Gasteiger partial charge on any atom is -0.385 e. The van der Waals surface area contributed by atoms with Crippen molar-refractivity contribution in [3.63, 3.8) is 0 Å². The molecule has 0 aromatic carbocycles. The minimum absolute atomic E-state index is 0.120. The summed E-state index contributed by atoms with van der Waals surface area (Å²) in [6.45, 7) is 0. The second-order valence-corrected chi connectivity index (χ2v) is 2.96. The highest BCUT2D eigenvalue weighted by atomic mass is 32.3. The molecule has 0 aromatic rings. The van der Waals surface area contributed by atoms with Gasteiger partial charge in [-0.3, -0.25) is 13.9 Å². The van der Waals surface area contributed by atoms with E-state index in [1.54, 1.807) is 0 Å². The third-order valence-corrected chi connectivity index (χ3v) is 0.976. The smallest absolute Gasteiger partial charge is 0.385 e. The Morgan fingerprint density at radius 2 is 1.86 bits per heavy atom. The van der Waals surface area contributed by atoms with E-state index in [1.165, 1.54) is 0 Å². The molecule has 1 aliphatic heterocycles. The second-order valence-electron chi connectivity index (χ2n) is 2.06. The van der Waals surface area contributed by atoms with Crippen LogP contribution in [0.25, 0.3) is 0 Å². The van der Waals surface area contributed by atoms with E-state index in [2.05, 4.69) is 9.98 Å². The Kier molecular flexibility index (Phi) is 4.30. The molecule has 0 spiro atoms. The van der Waals surface area contributed by atoms with Crippen molar-refractivity contribution >= 4 is 28.5 Å². The quantitative estimate of drug-likeness (QED) is 0.332. The molecular formula is C4H8N4O5S. The van der Waals surface area contributed by atoms with Crippen LogP contribution in [0.2, 0.25) is 0 Å². The zero-order chi connectivity index (χ0) is 11.4. The third-order valence-electron chi connectivity index (χ3n) is 0.976. The number of hydrogen-bond acceptors (Lipinski definition) is 6. The highest BCUT2D eigenvalue weighted by molar-refractivity contribution is 7.79. The van der Waals surface area contributed by atoms with E-state index in [4.69, 9.17) is 29.0 Å². The number of nitrogens with zero attached hydrogens (tertiary/aromatic N) is 2. The van der Waals surface area contributed by atoms with Crippen LogP contribution in [0.3, 0.4) is 0 Å². The molecule has 10 heteroatoms. The Labute approximate surface area is 79.1 Å². The van der Waals surface area contributed by atoms with E-state index in [9.17, 15) is 4.79 Å². The van der Waals surface area contributed by atoms with E-state index < -0.39 is 22.3 Å². The molecule has 1 atom stereocenters. The van der Waals surface area contributed by atoms with Crippen LogP contribution in [0.15, 0.2) is 9.98 Å². The molecule has 6 N–H and O–H groups in total. The minimum atomic E-state index is -4.67. The van der Waals surface area contributed by atoms with Crippen LogP contribution in [-0.4, -0.2) is 41.6 Å². The van der Waals surface area contributed by atoms with Gasteiger partial charge in [-0.25, -0.2) is 4.99 Å². The van der Waals surface area contributed by atoms with E-state index in [1.807, 2.05) is 0 Å². The molecule has 1 amide bonds. The summed E-state index contributed by atoms with van der Waals surface area (Å²) in [6, 6.07) is -0.838. The average molecular weight is 224 g/mol. The van der Waals surface area contributed by atoms with Crippen LogP contribution in [-0.2, 0) is 15.2 Å². The number of amides is 1. The molecule has 1 aliphatic rings. The summed E-state index contributed by atoms with van der Waals surface area (Å²) in [6.07, 6.45) is 1.10. The summed E-state index contributed by atoms with van der Waals surface area (Å²) in [4.78, 5) is 17.3. The van der Waals surface area contributed by atoms with Gasteiger partial charge >= 0.3 is 10.4 Å². The Hall–Kier alpha value is -1.36. The van der Waals surface area contributed by atoms with Gasteiger partial charge in [0, 0.05) is 0 Å². The molecular weight excluding hydrogens is 216 g/mol. The zero-order valence-corrected chi connectivity index (χ0v) is 7.55. The molecule has 0 saturated carbocycles. The van der Waals surface area contributed by atoms with Crippen LogP contribution in [0.5, 0.6) is 0 Å². The molecule has 9 nitrogen and oxygen atoms in total. The molecule has 1 rings (SSSR count). The summed E-state index contributed by atoms with van der Waals surface area (Å²) in [5.41, 5.74) is 10.4. The van der Waals surface area contributed by atoms with Crippen molar-refractivity contribution in [2.45, 2.75) is 6.04 Å². The van der Waals surface area contributed by atoms with E-state index >= 15 is 0 Å². The Balaban J connectivity index is 0.000000292. The van der Waals surface area contributed by atoms with Gasteiger partial charge in [0.15, 0.2) is 0 Å². The van der Waals surface area contributed by atoms with Crippen molar-refractivity contribution in [1.29, 1.82) is 0 Å². The van der Waals surface area contributed by atoms with E-state index in [-0.39, 0.29) is 5.84 Å². The normalized spacial score (nSPS) is 20.9. The van der Waals surface area contributed by atoms with Gasteiger partial charge < -0.3 is 11.5 Å². The number of rotatable bonds is 0. The maximum absolute atomic E-state index is 10.5. The van der Waals surface area contributed by atoms with Crippen molar-refractivity contribution in [1.82, 2.24) is 0 Å². The van der Waals surface area contributed by atoms with Crippen LogP contribution in [0.4, 0.5) is 0 Å². The summed E-state index contributed by atoms with van der Waals surface area (Å²) in [5, 5.41) is 0. The number of carbonyl (C=O) groups excluding carboxylic acids is 1. The van der Waals surface area contributed by atoms with Gasteiger partial charge in [0.2, 0.25) is 0 Å². The first kappa shape index (κ1) is 12.6. The lowest BCUT2D eigenvalue weighted by molar-refractivity contribution is -0.117. The first-order valence-corrected chi connectivity index (χ1v) is 4.46. The molecule has 0 bridgehead atoms. The van der Waals surface area contributed by atoms with Gasteiger partial charge in [0.25, 0.3) is 5.91 Å². The summed E-state index contributed by atoms with van der Waals surface area (Å²) in [5.74, 6) is -0.322. The van der Waals surface area contributed by atoms with Crippen molar-refractivity contribution in [2.75, 3.05) is 0 Å². The van der Waals surface area contributed by atoms with Crippen molar-refractivity contribution in [2.24, 2.45) is 21.5 Å². The maximum atomic E-state index is 10.5. The first-order valence-electron chi connectivity index (χ1n) is 3.07. The maximum Gasteiger partial charge on any atom is 0.394 e. The highest BCUT2D eigenvalue weighted by Gasteiger charge is 2.18. The standard InChI is InChI=1S/C4H6N4O.H2O4S/c5-2-3(6)7-1-8-4(2)9;1-5(2,3)4/h1-2H,5H2,(H2,6,7,8,9);(H2,1,2,3,4). The van der Waals surface area contributed by atoms with Crippen molar-refractivity contribution in [3.05, 3.63) is 0 Å². The summed E-state index contributed by atoms with van der Waals surface area (Å²) < 4.78 is 31.6. The number of carbonyl (C=O) groups is 1. The molecule has 1 unspecified atom stereocenters. The number of aliphatic imine (C=N–C) groups is 2. The first-order chi connectivity index (χ1) is 6.22. The van der Waals surface area contributed by atoms with Crippen LogP contribution >= 0.6 is 0 Å². The van der Waals surface area contributed by atoms with Crippen LogP contribution < -0.4 is 11.5 Å². The third kappa shape index (κ3) is 6.19. The summed E-state index contributed by atoms with van der Waals surface area (Å²) >= 11 is 0. The fourth-order valence-corrected chi connectivity index (χ4v) is 0.440. The Bertz CT molecular complexity index is 363. The molecule has 0 radical (unpaired) electrons. The van der Waals surface area contributed by atoms with Gasteiger partial charge in [0.1, 0.15) is 18.2 Å². The van der Waals surface area contributed by atoms with Crippen LogP contribution in [0, 0.1) is 0 Å². The molecule has 14 heavy (non-hydrogen) atoms. The predicted octanol–water partition coefficient (Wildman–Crippen LogP) is -2.41. The van der Waals surface area contributed by atoms with Gasteiger partial charge in [-0.05, 0) is 0 Å². The lowest BCUT2D eigenvalue weighted by Crippen LogP contribution is -2.44. The molecule has 0 fully saturated rings. The SMILES string of the molecule is NC1=NC=NC(=O)C1N.O=S(=O)(O)O. The molecule has 0 aromatic heterocycles. The predicted molar refractivity (Wildman–Crippen MR) is 47.3 cm³/mol. The lowest BCUT2D eigenvalue weighted by Gasteiger charge is -2.07. The van der Waals surface area contributed by atoms with Crippen molar-refractivity contribution < 1.29 is 22.3 Å². The molecule has 0 aliphatic carbocycles. The summed E-state index contributed by atoms with van der Waals surface area (Å²) in [7, 11) is -4.67. The highest BCUT2D eigenvalue weighted by Crippen LogP contribution is 1.89. The van der Waals surface area contributed by atoms with Gasteiger partial charge in [-0.2, -0.15) is 13.4 Å². The molecule has 80 valence electrons. The fraction of sp³-hybridized carbons (Fsp3) is 0.250. The number of hydrogen-bond donors (Lipinski definition) is 4. The average Bonchev–Trinajstić information content (AvgIpc) is 1.97. The van der Waals surface area contributed by atoms with Gasteiger partial charge in [-0.1, -0.05) is 0 Å². The number of amidine groups is 1. The van der Waals surface area contributed by atoms with Gasteiger partial charge in [-0.15, -0.1) is 0 Å². The Morgan fingerprint density at radius 3 is 2.14 bits per heavy atom. The van der Waals surface area contributed by atoms with E-state index in [0.29, 0.717) is 0 Å². The van der Waals surface area contributed by atoms with Gasteiger partial charge in [0.05, 0.1) is 0 Å². The largest absolute Gasteiger partial charge is 0.394 e. The molecule has 1 heterocycles. The van der Waals surface area contributed by atoms with Crippen molar-refractivity contribution in [3.8, 4) is 0 Å². The molecule has 0 saturated heterocycles. The van der Waals surface area contributed by atoms with Crippen LogP contribution in [0.1, 0.15) is 0 Å². The lowest BCUT2D eigenvalue weighted by atomic mass is 10.2. The Morgan fingerprint density at radius 1 is 1.43 bits per heavy atom. The van der Waals surface area contributed by atoms with E-state index in [0.717, 1.165) is 6.34 Å².